The molecule has 0 radical (unpaired) electrons. The third kappa shape index (κ3) is 5.97. The van der Waals surface area contributed by atoms with E-state index >= 15 is 0 Å². The summed E-state index contributed by atoms with van der Waals surface area (Å²) >= 11 is 6.11. The van der Waals surface area contributed by atoms with E-state index in [0.29, 0.717) is 37.6 Å². The minimum absolute atomic E-state index is 0.179. The van der Waals surface area contributed by atoms with Crippen molar-refractivity contribution in [2.45, 2.75) is 11.3 Å². The number of amides is 1. The number of halogens is 1. The van der Waals surface area contributed by atoms with Crippen LogP contribution in [-0.2, 0) is 21.2 Å². The molecule has 178 valence electrons. The number of sulfonamides is 1. The van der Waals surface area contributed by atoms with Crippen LogP contribution in [0.5, 0.6) is 0 Å². The molecule has 4 rings (SSSR count). The van der Waals surface area contributed by atoms with Crippen LogP contribution in [0.15, 0.2) is 89.8 Å². The van der Waals surface area contributed by atoms with Crippen molar-refractivity contribution in [1.29, 1.82) is 0 Å². The summed E-state index contributed by atoms with van der Waals surface area (Å²) in [5, 5.41) is 0.677. The van der Waals surface area contributed by atoms with E-state index in [4.69, 9.17) is 11.6 Å². The van der Waals surface area contributed by atoms with Crippen molar-refractivity contribution in [2.75, 3.05) is 44.2 Å². The molecule has 34 heavy (non-hydrogen) atoms. The predicted octanol–water partition coefficient (Wildman–Crippen LogP) is 3.92. The van der Waals surface area contributed by atoms with Gasteiger partial charge < -0.3 is 9.80 Å². The van der Waals surface area contributed by atoms with E-state index in [2.05, 4.69) is 4.90 Å². The molecule has 0 unspecified atom stereocenters. The Morgan fingerprint density at radius 3 is 2.15 bits per heavy atom. The molecule has 1 saturated heterocycles. The maximum absolute atomic E-state index is 13.4. The van der Waals surface area contributed by atoms with Gasteiger partial charge in [0.05, 0.1) is 11.4 Å². The number of hydrogen-bond donors (Lipinski definition) is 0. The van der Waals surface area contributed by atoms with Crippen molar-refractivity contribution in [1.82, 2.24) is 9.21 Å². The van der Waals surface area contributed by atoms with Crippen molar-refractivity contribution in [3.8, 4) is 0 Å². The van der Waals surface area contributed by atoms with Crippen molar-refractivity contribution in [2.24, 2.45) is 0 Å². The summed E-state index contributed by atoms with van der Waals surface area (Å²) in [6.07, 6.45) is 0.530. The highest BCUT2D eigenvalue weighted by molar-refractivity contribution is 7.89. The number of hydrogen-bond acceptors (Lipinski definition) is 4. The molecule has 1 aliphatic rings. The first-order valence-electron chi connectivity index (χ1n) is 11.3. The predicted molar refractivity (Wildman–Crippen MR) is 136 cm³/mol. The number of nitrogens with zero attached hydrogens (tertiary/aromatic N) is 3. The first-order valence-corrected chi connectivity index (χ1v) is 13.1. The van der Waals surface area contributed by atoms with Gasteiger partial charge in [-0.15, -0.1) is 0 Å². The Morgan fingerprint density at radius 1 is 0.853 bits per heavy atom. The lowest BCUT2D eigenvalue weighted by molar-refractivity contribution is -0.131. The van der Waals surface area contributed by atoms with Crippen molar-refractivity contribution < 1.29 is 13.2 Å². The summed E-state index contributed by atoms with van der Waals surface area (Å²) in [6, 6.07) is 25.7. The fraction of sp³-hybridized carbons (Fsp3) is 0.269. The molecule has 3 aromatic carbocycles. The Kier molecular flexibility index (Phi) is 7.88. The molecule has 0 aliphatic carbocycles. The van der Waals surface area contributed by atoms with Crippen LogP contribution >= 0.6 is 11.6 Å². The highest BCUT2D eigenvalue weighted by Gasteiger charge is 2.29. The Balaban J connectivity index is 1.44. The molecular weight excluding hydrogens is 470 g/mol. The van der Waals surface area contributed by atoms with Gasteiger partial charge >= 0.3 is 0 Å². The zero-order chi connectivity index (χ0) is 24.0. The summed E-state index contributed by atoms with van der Waals surface area (Å²) in [5.41, 5.74) is 2.05. The monoisotopic (exact) mass is 497 g/mol. The molecular formula is C26H28ClN3O3S. The average Bonchev–Trinajstić information content (AvgIpc) is 2.87. The number of rotatable bonds is 8. The highest BCUT2D eigenvalue weighted by Crippen LogP contribution is 2.21. The Bertz CT molecular complexity index is 1200. The Morgan fingerprint density at radius 2 is 1.50 bits per heavy atom. The van der Waals surface area contributed by atoms with Gasteiger partial charge in [0, 0.05) is 43.4 Å². The van der Waals surface area contributed by atoms with Gasteiger partial charge in [-0.2, -0.15) is 4.31 Å². The summed E-state index contributed by atoms with van der Waals surface area (Å²) < 4.78 is 28.1. The van der Waals surface area contributed by atoms with Crippen LogP contribution in [0.3, 0.4) is 0 Å². The molecule has 0 atom stereocenters. The quantitative estimate of drug-likeness (QED) is 0.473. The molecule has 0 bridgehead atoms. The fourth-order valence-electron chi connectivity index (χ4n) is 4.06. The van der Waals surface area contributed by atoms with Gasteiger partial charge in [-0.3, -0.25) is 4.79 Å². The third-order valence-electron chi connectivity index (χ3n) is 5.99. The van der Waals surface area contributed by atoms with E-state index in [0.717, 1.165) is 11.3 Å². The summed E-state index contributed by atoms with van der Waals surface area (Å²) in [6.45, 7) is 2.45. The number of anilines is 1. The van der Waals surface area contributed by atoms with E-state index in [1.807, 2.05) is 54.6 Å². The van der Waals surface area contributed by atoms with Gasteiger partial charge in [-0.05, 0) is 42.3 Å². The molecule has 1 amide bonds. The van der Waals surface area contributed by atoms with E-state index in [9.17, 15) is 13.2 Å². The van der Waals surface area contributed by atoms with Crippen molar-refractivity contribution in [3.63, 3.8) is 0 Å². The van der Waals surface area contributed by atoms with Crippen LogP contribution in [0.2, 0.25) is 5.02 Å². The summed E-state index contributed by atoms with van der Waals surface area (Å²) in [5.74, 6) is -0.182. The zero-order valence-electron chi connectivity index (χ0n) is 18.9. The molecule has 0 aromatic heterocycles. The number of carbonyl (C=O) groups excluding carboxylic acids is 1. The normalized spacial score (nSPS) is 14.4. The van der Waals surface area contributed by atoms with Crippen molar-refractivity contribution in [3.05, 3.63) is 95.5 Å². The SMILES string of the molecule is O=C(CN(CCc1ccccc1)S(=O)(=O)c1ccccc1)N1CCN(c2cccc(Cl)c2)CC1. The van der Waals surface area contributed by atoms with Gasteiger partial charge in [-0.1, -0.05) is 66.2 Å². The second-order valence-electron chi connectivity index (χ2n) is 8.23. The minimum atomic E-state index is -3.80. The van der Waals surface area contributed by atoms with Gasteiger partial charge in [0.1, 0.15) is 0 Å². The Hall–Kier alpha value is -2.87. The molecule has 0 N–H and O–H groups in total. The van der Waals surface area contributed by atoms with E-state index < -0.39 is 10.0 Å². The molecule has 3 aromatic rings. The highest BCUT2D eigenvalue weighted by atomic mass is 35.5. The lowest BCUT2D eigenvalue weighted by atomic mass is 10.1. The van der Waals surface area contributed by atoms with Gasteiger partial charge in [-0.25, -0.2) is 8.42 Å². The van der Waals surface area contributed by atoms with Crippen LogP contribution in [-0.4, -0.2) is 62.8 Å². The van der Waals surface area contributed by atoms with Crippen LogP contribution in [0, 0.1) is 0 Å². The Labute approximate surface area is 206 Å². The smallest absolute Gasteiger partial charge is 0.243 e. The topological polar surface area (TPSA) is 60.9 Å². The van der Waals surface area contributed by atoms with Crippen LogP contribution in [0.4, 0.5) is 5.69 Å². The molecule has 1 fully saturated rings. The number of carbonyl (C=O) groups is 1. The van der Waals surface area contributed by atoms with Crippen LogP contribution < -0.4 is 4.90 Å². The van der Waals surface area contributed by atoms with Crippen LogP contribution in [0.25, 0.3) is 0 Å². The standard InChI is InChI=1S/C26H28ClN3O3S/c27-23-10-7-11-24(20-23)28-16-18-29(19-17-28)26(31)21-30(15-14-22-8-3-1-4-9-22)34(32,33)25-12-5-2-6-13-25/h1-13,20H,14-19,21H2. The lowest BCUT2D eigenvalue weighted by Crippen LogP contribution is -2.52. The second-order valence-corrected chi connectivity index (χ2v) is 10.6. The fourth-order valence-corrected chi connectivity index (χ4v) is 5.66. The molecule has 6 nitrogen and oxygen atoms in total. The first-order chi connectivity index (χ1) is 16.4. The summed E-state index contributed by atoms with van der Waals surface area (Å²) in [7, 11) is -3.80. The van der Waals surface area contributed by atoms with Crippen molar-refractivity contribution >= 4 is 33.2 Å². The van der Waals surface area contributed by atoms with Crippen LogP contribution in [0.1, 0.15) is 5.56 Å². The van der Waals surface area contributed by atoms with E-state index in [-0.39, 0.29) is 23.9 Å². The molecule has 0 spiro atoms. The minimum Gasteiger partial charge on any atom is -0.368 e. The average molecular weight is 498 g/mol. The zero-order valence-corrected chi connectivity index (χ0v) is 20.5. The largest absolute Gasteiger partial charge is 0.368 e. The number of benzene rings is 3. The molecule has 1 aliphatic heterocycles. The van der Waals surface area contributed by atoms with E-state index in [1.165, 1.54) is 4.31 Å². The second kappa shape index (κ2) is 11.0. The maximum atomic E-state index is 13.4. The molecule has 8 heteroatoms. The van der Waals surface area contributed by atoms with Gasteiger partial charge in [0.2, 0.25) is 15.9 Å². The first kappa shape index (κ1) is 24.3. The molecule has 1 heterocycles. The van der Waals surface area contributed by atoms with E-state index in [1.54, 1.807) is 35.2 Å². The van der Waals surface area contributed by atoms with Gasteiger partial charge in [0.15, 0.2) is 0 Å². The molecule has 0 saturated carbocycles. The summed E-state index contributed by atoms with van der Waals surface area (Å²) in [4.78, 5) is 17.3. The number of piperazine rings is 1. The lowest BCUT2D eigenvalue weighted by Gasteiger charge is -2.37. The maximum Gasteiger partial charge on any atom is 0.243 e. The third-order valence-corrected chi connectivity index (χ3v) is 8.09. The van der Waals surface area contributed by atoms with Gasteiger partial charge in [0.25, 0.3) is 0 Å².